The van der Waals surface area contributed by atoms with Crippen molar-refractivity contribution in [2.75, 3.05) is 13.1 Å². The lowest BCUT2D eigenvalue weighted by Crippen LogP contribution is -2.36. The van der Waals surface area contributed by atoms with Crippen LogP contribution in [0.1, 0.15) is 39.0 Å². The number of aliphatic imine (C=N–C) groups is 1. The van der Waals surface area contributed by atoms with E-state index in [0.717, 1.165) is 12.2 Å². The van der Waals surface area contributed by atoms with Crippen LogP contribution >= 0.6 is 0 Å². The van der Waals surface area contributed by atoms with Crippen molar-refractivity contribution in [3.05, 3.63) is 29.6 Å². The third-order valence-electron chi connectivity index (χ3n) is 2.99. The van der Waals surface area contributed by atoms with E-state index in [1.807, 2.05) is 12.3 Å². The Morgan fingerprint density at radius 2 is 2.16 bits per heavy atom. The van der Waals surface area contributed by atoms with Crippen LogP contribution in [0.15, 0.2) is 23.3 Å². The lowest BCUT2D eigenvalue weighted by atomic mass is 9.86. The minimum absolute atomic E-state index is 0.116. The van der Waals surface area contributed by atoms with Gasteiger partial charge < -0.3 is 11.1 Å². The molecule has 0 atom stereocenters. The Morgan fingerprint density at radius 3 is 2.74 bits per heavy atom. The Bertz CT molecular complexity index is 436. The molecule has 4 heteroatoms. The van der Waals surface area contributed by atoms with Crippen molar-refractivity contribution < 1.29 is 0 Å². The van der Waals surface area contributed by atoms with Crippen molar-refractivity contribution in [1.82, 2.24) is 10.3 Å². The van der Waals surface area contributed by atoms with E-state index < -0.39 is 0 Å². The molecule has 0 unspecified atom stereocenters. The standard InChI is InChI=1S/C15H26N4/c1-11(2)9-18-14(16)19-10-15(4,5)13-12(3)7-6-8-17-13/h6-8,11H,9-10H2,1-5H3,(H3,16,18,19). The highest BCUT2D eigenvalue weighted by Gasteiger charge is 2.23. The molecular weight excluding hydrogens is 236 g/mol. The predicted octanol–water partition coefficient (Wildman–Crippen LogP) is 2.23. The summed E-state index contributed by atoms with van der Waals surface area (Å²) in [5.41, 5.74) is 8.02. The van der Waals surface area contributed by atoms with Gasteiger partial charge in [-0.1, -0.05) is 33.8 Å². The normalized spacial score (nSPS) is 12.8. The molecule has 3 N–H and O–H groups in total. The van der Waals surface area contributed by atoms with Crippen LogP contribution in [0.3, 0.4) is 0 Å². The van der Waals surface area contributed by atoms with Crippen LogP contribution in [0.5, 0.6) is 0 Å². The minimum Gasteiger partial charge on any atom is -0.370 e. The van der Waals surface area contributed by atoms with Crippen LogP contribution in [0.25, 0.3) is 0 Å². The fourth-order valence-electron chi connectivity index (χ4n) is 1.92. The zero-order chi connectivity index (χ0) is 14.5. The summed E-state index contributed by atoms with van der Waals surface area (Å²) in [5.74, 6) is 1.06. The molecule has 1 rings (SSSR count). The van der Waals surface area contributed by atoms with E-state index in [1.54, 1.807) is 0 Å². The average Bonchev–Trinajstić information content (AvgIpc) is 2.34. The first-order chi connectivity index (χ1) is 8.83. The van der Waals surface area contributed by atoms with Gasteiger partial charge in [-0.25, -0.2) is 0 Å². The summed E-state index contributed by atoms with van der Waals surface area (Å²) in [5, 5.41) is 3.13. The maximum atomic E-state index is 5.86. The molecular formula is C15H26N4. The van der Waals surface area contributed by atoms with Gasteiger partial charge in [0, 0.05) is 18.2 Å². The van der Waals surface area contributed by atoms with E-state index in [0.29, 0.717) is 18.4 Å². The van der Waals surface area contributed by atoms with E-state index in [1.165, 1.54) is 5.56 Å². The molecule has 106 valence electrons. The number of pyridine rings is 1. The first-order valence-corrected chi connectivity index (χ1v) is 6.79. The van der Waals surface area contributed by atoms with Gasteiger partial charge in [-0.05, 0) is 24.5 Å². The number of guanidine groups is 1. The van der Waals surface area contributed by atoms with Gasteiger partial charge in [0.2, 0.25) is 0 Å². The number of aromatic nitrogens is 1. The zero-order valence-electron chi connectivity index (χ0n) is 12.7. The summed E-state index contributed by atoms with van der Waals surface area (Å²) >= 11 is 0. The molecule has 0 radical (unpaired) electrons. The van der Waals surface area contributed by atoms with E-state index in [4.69, 9.17) is 5.73 Å². The fraction of sp³-hybridized carbons (Fsp3) is 0.600. The Kier molecular flexibility index (Phi) is 5.33. The SMILES string of the molecule is Cc1cccnc1C(C)(C)CN=C(N)NCC(C)C. The molecule has 0 saturated carbocycles. The third kappa shape index (κ3) is 4.89. The molecule has 0 aliphatic carbocycles. The highest BCUT2D eigenvalue weighted by Crippen LogP contribution is 2.24. The molecule has 1 aromatic heterocycles. The monoisotopic (exact) mass is 262 g/mol. The molecule has 0 amide bonds. The molecule has 4 nitrogen and oxygen atoms in total. The molecule has 1 aromatic rings. The van der Waals surface area contributed by atoms with Gasteiger partial charge in [-0.15, -0.1) is 0 Å². The average molecular weight is 262 g/mol. The summed E-state index contributed by atoms with van der Waals surface area (Å²) in [4.78, 5) is 8.90. The number of rotatable bonds is 5. The van der Waals surface area contributed by atoms with E-state index in [9.17, 15) is 0 Å². The Hall–Kier alpha value is -1.58. The lowest BCUT2D eigenvalue weighted by molar-refractivity contribution is 0.517. The predicted molar refractivity (Wildman–Crippen MR) is 81.3 cm³/mol. The van der Waals surface area contributed by atoms with E-state index in [-0.39, 0.29) is 5.41 Å². The quantitative estimate of drug-likeness (QED) is 0.632. The van der Waals surface area contributed by atoms with Gasteiger partial charge in [-0.2, -0.15) is 0 Å². The van der Waals surface area contributed by atoms with Crippen LogP contribution in [0, 0.1) is 12.8 Å². The largest absolute Gasteiger partial charge is 0.370 e. The number of hydrogen-bond donors (Lipinski definition) is 2. The van der Waals surface area contributed by atoms with Crippen LogP contribution in [0.2, 0.25) is 0 Å². The second-order valence-electron chi connectivity index (χ2n) is 6.03. The molecule has 0 aliphatic rings. The van der Waals surface area contributed by atoms with Gasteiger partial charge in [0.05, 0.1) is 12.2 Å². The summed E-state index contributed by atoms with van der Waals surface area (Å²) in [7, 11) is 0. The summed E-state index contributed by atoms with van der Waals surface area (Å²) in [6, 6.07) is 4.03. The highest BCUT2D eigenvalue weighted by atomic mass is 15.1. The Morgan fingerprint density at radius 1 is 1.47 bits per heavy atom. The molecule has 0 aliphatic heterocycles. The smallest absolute Gasteiger partial charge is 0.188 e. The van der Waals surface area contributed by atoms with Gasteiger partial charge >= 0.3 is 0 Å². The van der Waals surface area contributed by atoms with Crippen LogP contribution in [-0.2, 0) is 5.41 Å². The van der Waals surface area contributed by atoms with Crippen molar-refractivity contribution >= 4 is 5.96 Å². The van der Waals surface area contributed by atoms with Gasteiger partial charge in [-0.3, -0.25) is 9.98 Å². The van der Waals surface area contributed by atoms with Crippen molar-refractivity contribution in [3.8, 4) is 0 Å². The van der Waals surface area contributed by atoms with Crippen LogP contribution < -0.4 is 11.1 Å². The van der Waals surface area contributed by atoms with Gasteiger partial charge in [0.25, 0.3) is 0 Å². The van der Waals surface area contributed by atoms with Gasteiger partial charge in [0.1, 0.15) is 0 Å². The van der Waals surface area contributed by atoms with Crippen molar-refractivity contribution in [3.63, 3.8) is 0 Å². The maximum absolute atomic E-state index is 5.86. The zero-order valence-corrected chi connectivity index (χ0v) is 12.7. The highest BCUT2D eigenvalue weighted by molar-refractivity contribution is 5.77. The number of nitrogens with one attached hydrogen (secondary N) is 1. The second kappa shape index (κ2) is 6.55. The second-order valence-corrected chi connectivity index (χ2v) is 6.03. The third-order valence-corrected chi connectivity index (χ3v) is 2.99. The molecule has 0 bridgehead atoms. The van der Waals surface area contributed by atoms with Crippen LogP contribution in [0.4, 0.5) is 0 Å². The fourth-order valence-corrected chi connectivity index (χ4v) is 1.92. The maximum Gasteiger partial charge on any atom is 0.188 e. The van der Waals surface area contributed by atoms with E-state index >= 15 is 0 Å². The first kappa shape index (κ1) is 15.5. The molecule has 0 saturated heterocycles. The van der Waals surface area contributed by atoms with Crippen molar-refractivity contribution in [2.45, 2.75) is 40.0 Å². The van der Waals surface area contributed by atoms with Gasteiger partial charge in [0.15, 0.2) is 5.96 Å². The number of hydrogen-bond acceptors (Lipinski definition) is 2. The number of nitrogens with zero attached hydrogens (tertiary/aromatic N) is 2. The minimum atomic E-state index is -0.116. The number of aryl methyl sites for hydroxylation is 1. The summed E-state index contributed by atoms with van der Waals surface area (Å²) < 4.78 is 0. The first-order valence-electron chi connectivity index (χ1n) is 6.79. The van der Waals surface area contributed by atoms with Crippen molar-refractivity contribution in [2.24, 2.45) is 16.6 Å². The molecule has 0 spiro atoms. The van der Waals surface area contributed by atoms with Crippen LogP contribution in [-0.4, -0.2) is 24.0 Å². The topological polar surface area (TPSA) is 63.3 Å². The summed E-state index contributed by atoms with van der Waals surface area (Å²) in [6.45, 7) is 12.1. The van der Waals surface area contributed by atoms with Crippen molar-refractivity contribution in [1.29, 1.82) is 0 Å². The van der Waals surface area contributed by atoms with E-state index in [2.05, 4.69) is 56.0 Å². The lowest BCUT2D eigenvalue weighted by Gasteiger charge is -2.24. The molecule has 0 aromatic carbocycles. The molecule has 0 fully saturated rings. The summed E-state index contributed by atoms with van der Waals surface area (Å²) in [6.07, 6.45) is 1.83. The molecule has 19 heavy (non-hydrogen) atoms. The Labute approximate surface area is 116 Å². The molecule has 1 heterocycles. The Balaban J connectivity index is 2.70. The number of nitrogens with two attached hydrogens (primary N) is 1.